The Morgan fingerprint density at radius 3 is 2.29 bits per heavy atom. The molecule has 3 aliphatic rings. The topological polar surface area (TPSA) is 96.7 Å². The van der Waals surface area contributed by atoms with Gasteiger partial charge in [0, 0.05) is 43.5 Å². The van der Waals surface area contributed by atoms with Gasteiger partial charge >= 0.3 is 6.03 Å². The second kappa shape index (κ2) is 9.60. The maximum absolute atomic E-state index is 13.2. The molecule has 0 aliphatic carbocycles. The number of piperidine rings is 1. The van der Waals surface area contributed by atoms with E-state index in [2.05, 4.69) is 11.4 Å². The monoisotopic (exact) mass is 441 g/mol. The smallest absolute Gasteiger partial charge is 0.319 e. The summed E-state index contributed by atoms with van der Waals surface area (Å²) in [5.74, 6) is 0.742. The molecule has 8 nitrogen and oxygen atoms in total. The fraction of sp³-hybridized carbons (Fsp3) is 0.545. The zero-order chi connectivity index (χ0) is 21.8. The molecular formula is C22H27N5O3S. The molecule has 4 amide bonds. The lowest BCUT2D eigenvalue weighted by Crippen LogP contribution is -2.50. The van der Waals surface area contributed by atoms with Crippen LogP contribution in [-0.4, -0.2) is 76.4 Å². The SMILES string of the molecule is N#Cc1ccc(NC(=O)C2CSCN2C(=O)C2CCN(C(=O)N3CCCC3)CC2)cc1. The molecule has 1 aromatic rings. The number of benzene rings is 1. The lowest BCUT2D eigenvalue weighted by Gasteiger charge is -2.36. The van der Waals surface area contributed by atoms with Crippen molar-refractivity contribution in [3.8, 4) is 6.07 Å². The number of nitrogens with one attached hydrogen (secondary N) is 1. The standard InChI is InChI=1S/C22H27N5O3S/c23-13-16-3-5-18(6-4-16)24-20(28)19-14-31-15-27(19)21(29)17-7-11-26(12-8-17)22(30)25-9-1-2-10-25/h3-6,17,19H,1-2,7-12,14-15H2,(H,24,28). The van der Waals surface area contributed by atoms with E-state index >= 15 is 0 Å². The van der Waals surface area contributed by atoms with E-state index in [1.807, 2.05) is 9.80 Å². The van der Waals surface area contributed by atoms with Gasteiger partial charge in [-0.1, -0.05) is 0 Å². The molecule has 1 unspecified atom stereocenters. The van der Waals surface area contributed by atoms with Crippen LogP contribution in [0, 0.1) is 17.2 Å². The third kappa shape index (κ3) is 4.79. The van der Waals surface area contributed by atoms with Crippen LogP contribution in [0.15, 0.2) is 24.3 Å². The second-order valence-corrected chi connectivity index (χ2v) is 9.24. The summed E-state index contributed by atoms with van der Waals surface area (Å²) in [6.45, 7) is 2.85. The van der Waals surface area contributed by atoms with E-state index < -0.39 is 6.04 Å². The van der Waals surface area contributed by atoms with Crippen molar-refractivity contribution in [1.82, 2.24) is 14.7 Å². The molecule has 9 heteroatoms. The number of likely N-dealkylation sites (tertiary alicyclic amines) is 2. The van der Waals surface area contributed by atoms with E-state index in [1.165, 1.54) is 0 Å². The van der Waals surface area contributed by atoms with Crippen LogP contribution >= 0.6 is 11.8 Å². The maximum Gasteiger partial charge on any atom is 0.319 e. The summed E-state index contributed by atoms with van der Waals surface area (Å²) in [6.07, 6.45) is 3.42. The average Bonchev–Trinajstić information content (AvgIpc) is 3.51. The van der Waals surface area contributed by atoms with Gasteiger partial charge in [0.05, 0.1) is 17.5 Å². The summed E-state index contributed by atoms with van der Waals surface area (Å²) in [4.78, 5) is 44.0. The number of rotatable bonds is 3. The number of hydrogen-bond acceptors (Lipinski definition) is 5. The minimum Gasteiger partial charge on any atom is -0.325 e. The Kier molecular flexibility index (Phi) is 6.66. The van der Waals surface area contributed by atoms with E-state index in [4.69, 9.17) is 5.26 Å². The second-order valence-electron chi connectivity index (χ2n) is 8.24. The van der Waals surface area contributed by atoms with E-state index in [0.29, 0.717) is 48.8 Å². The van der Waals surface area contributed by atoms with E-state index in [-0.39, 0.29) is 23.8 Å². The third-order valence-electron chi connectivity index (χ3n) is 6.24. The highest BCUT2D eigenvalue weighted by Gasteiger charge is 2.39. The summed E-state index contributed by atoms with van der Waals surface area (Å²) in [7, 11) is 0. The molecule has 3 saturated heterocycles. The normalized spacial score (nSPS) is 21.8. The molecule has 0 bridgehead atoms. The molecule has 3 fully saturated rings. The van der Waals surface area contributed by atoms with Crippen LogP contribution in [-0.2, 0) is 9.59 Å². The number of anilines is 1. The molecule has 3 aliphatic heterocycles. The van der Waals surface area contributed by atoms with Crippen molar-refractivity contribution in [2.45, 2.75) is 31.7 Å². The highest BCUT2D eigenvalue weighted by Crippen LogP contribution is 2.28. The average molecular weight is 442 g/mol. The summed E-state index contributed by atoms with van der Waals surface area (Å²) in [5, 5.41) is 11.8. The van der Waals surface area contributed by atoms with E-state index in [9.17, 15) is 14.4 Å². The van der Waals surface area contributed by atoms with Crippen molar-refractivity contribution in [2.75, 3.05) is 43.1 Å². The first-order valence-corrected chi connectivity index (χ1v) is 12.0. The number of thioether (sulfide) groups is 1. The Balaban J connectivity index is 1.32. The fourth-order valence-electron chi connectivity index (χ4n) is 4.39. The van der Waals surface area contributed by atoms with Gasteiger partial charge in [-0.2, -0.15) is 5.26 Å². The minimum atomic E-state index is -0.502. The molecule has 164 valence electrons. The minimum absolute atomic E-state index is 0.0123. The van der Waals surface area contributed by atoms with Crippen molar-refractivity contribution in [3.05, 3.63) is 29.8 Å². The molecule has 0 spiro atoms. The predicted octanol–water partition coefficient (Wildman–Crippen LogP) is 2.33. The molecule has 1 aromatic carbocycles. The zero-order valence-corrected chi connectivity index (χ0v) is 18.3. The Bertz CT molecular complexity index is 870. The molecular weight excluding hydrogens is 414 g/mol. The van der Waals surface area contributed by atoms with E-state index in [1.54, 1.807) is 40.9 Å². The molecule has 0 saturated carbocycles. The number of nitrogens with zero attached hydrogens (tertiary/aromatic N) is 4. The summed E-state index contributed by atoms with van der Waals surface area (Å²) < 4.78 is 0. The first-order chi connectivity index (χ1) is 15.1. The Morgan fingerprint density at radius 2 is 1.65 bits per heavy atom. The van der Waals surface area contributed by atoms with Gasteiger partial charge in [-0.25, -0.2) is 4.79 Å². The summed E-state index contributed by atoms with van der Waals surface area (Å²) in [6, 6.07) is 8.33. The zero-order valence-electron chi connectivity index (χ0n) is 17.5. The molecule has 3 heterocycles. The van der Waals surface area contributed by atoms with Crippen molar-refractivity contribution in [3.63, 3.8) is 0 Å². The Hall–Kier alpha value is -2.73. The van der Waals surface area contributed by atoms with Crippen molar-refractivity contribution in [1.29, 1.82) is 5.26 Å². The van der Waals surface area contributed by atoms with Gasteiger partial charge in [0.25, 0.3) is 0 Å². The quantitative estimate of drug-likeness (QED) is 0.777. The molecule has 4 rings (SSSR count). The van der Waals surface area contributed by atoms with Gasteiger partial charge in [0.15, 0.2) is 0 Å². The molecule has 0 aromatic heterocycles. The van der Waals surface area contributed by atoms with Crippen LogP contribution in [0.2, 0.25) is 0 Å². The highest BCUT2D eigenvalue weighted by molar-refractivity contribution is 7.99. The maximum atomic E-state index is 13.2. The number of carbonyl (C=O) groups is 3. The largest absolute Gasteiger partial charge is 0.325 e. The summed E-state index contributed by atoms with van der Waals surface area (Å²) in [5.41, 5.74) is 1.14. The number of hydrogen-bond donors (Lipinski definition) is 1. The van der Waals surface area contributed by atoms with E-state index in [0.717, 1.165) is 25.9 Å². The number of carbonyl (C=O) groups excluding carboxylic acids is 3. The molecule has 1 atom stereocenters. The van der Waals surface area contributed by atoms with Gasteiger partial charge in [0.2, 0.25) is 11.8 Å². The van der Waals surface area contributed by atoms with Gasteiger partial charge < -0.3 is 20.0 Å². The molecule has 1 N–H and O–H groups in total. The van der Waals surface area contributed by atoms with Crippen molar-refractivity contribution in [2.24, 2.45) is 5.92 Å². The number of amides is 4. The van der Waals surface area contributed by atoms with Crippen LogP contribution < -0.4 is 5.32 Å². The van der Waals surface area contributed by atoms with Gasteiger partial charge in [-0.15, -0.1) is 11.8 Å². The van der Waals surface area contributed by atoms with Crippen molar-refractivity contribution >= 4 is 35.3 Å². The predicted molar refractivity (Wildman–Crippen MR) is 118 cm³/mol. The third-order valence-corrected chi connectivity index (χ3v) is 7.25. The van der Waals surface area contributed by atoms with Crippen LogP contribution in [0.4, 0.5) is 10.5 Å². The Labute approximate surface area is 186 Å². The first kappa shape index (κ1) is 21.5. The highest BCUT2D eigenvalue weighted by atomic mass is 32.2. The lowest BCUT2D eigenvalue weighted by atomic mass is 9.95. The van der Waals surface area contributed by atoms with Crippen LogP contribution in [0.5, 0.6) is 0 Å². The molecule has 31 heavy (non-hydrogen) atoms. The fourth-order valence-corrected chi connectivity index (χ4v) is 5.56. The Morgan fingerprint density at radius 1 is 1.00 bits per heavy atom. The van der Waals surface area contributed by atoms with Gasteiger partial charge in [-0.05, 0) is 49.9 Å². The van der Waals surface area contributed by atoms with Gasteiger partial charge in [0.1, 0.15) is 6.04 Å². The van der Waals surface area contributed by atoms with Crippen LogP contribution in [0.1, 0.15) is 31.2 Å². The van der Waals surface area contributed by atoms with Gasteiger partial charge in [-0.3, -0.25) is 9.59 Å². The first-order valence-electron chi connectivity index (χ1n) is 10.8. The summed E-state index contributed by atoms with van der Waals surface area (Å²) >= 11 is 1.58. The van der Waals surface area contributed by atoms with Crippen LogP contribution in [0.3, 0.4) is 0 Å². The van der Waals surface area contributed by atoms with Crippen LogP contribution in [0.25, 0.3) is 0 Å². The van der Waals surface area contributed by atoms with Crippen molar-refractivity contribution < 1.29 is 14.4 Å². The lowest BCUT2D eigenvalue weighted by molar-refractivity contribution is -0.140. The number of urea groups is 1. The molecule has 0 radical (unpaired) electrons. The number of nitriles is 1.